The van der Waals surface area contributed by atoms with Crippen molar-refractivity contribution in [3.63, 3.8) is 0 Å². The number of aromatic carboxylic acids is 1. The van der Waals surface area contributed by atoms with Crippen molar-refractivity contribution < 1.29 is 19.4 Å². The number of hydrogen-bond donors (Lipinski definition) is 2. The molecule has 0 bridgehead atoms. The van der Waals surface area contributed by atoms with Crippen LogP contribution < -0.4 is 0 Å². The van der Waals surface area contributed by atoms with E-state index in [1.54, 1.807) is 20.8 Å². The number of nitrogens with one attached hydrogen (secondary N) is 1. The normalized spacial score (nSPS) is 18.6. The van der Waals surface area contributed by atoms with E-state index >= 15 is 0 Å². The second-order valence-electron chi connectivity index (χ2n) is 5.99. The fourth-order valence-corrected chi connectivity index (χ4v) is 2.20. The number of amides is 1. The highest BCUT2D eigenvalue weighted by Crippen LogP contribution is 2.26. The Labute approximate surface area is 116 Å². The Morgan fingerprint density at radius 2 is 2.10 bits per heavy atom. The van der Waals surface area contributed by atoms with E-state index in [0.717, 1.165) is 0 Å². The number of fused-ring (bicyclic) bond motifs is 1. The van der Waals surface area contributed by atoms with Gasteiger partial charge in [0.2, 0.25) is 0 Å². The first-order valence-electron chi connectivity index (χ1n) is 6.48. The Hall–Kier alpha value is -2.05. The van der Waals surface area contributed by atoms with E-state index < -0.39 is 17.7 Å². The van der Waals surface area contributed by atoms with E-state index in [9.17, 15) is 9.59 Å². The Balaban J connectivity index is 2.24. The lowest BCUT2D eigenvalue weighted by Gasteiger charge is -2.34. The van der Waals surface area contributed by atoms with Crippen molar-refractivity contribution in [2.45, 2.75) is 52.3 Å². The third-order valence-corrected chi connectivity index (χ3v) is 3.14. The lowest BCUT2D eigenvalue weighted by molar-refractivity contribution is 0.0135. The Morgan fingerprint density at radius 1 is 1.45 bits per heavy atom. The summed E-state index contributed by atoms with van der Waals surface area (Å²) in [7, 11) is 0. The number of aromatic amines is 1. The van der Waals surface area contributed by atoms with Crippen molar-refractivity contribution in [3.8, 4) is 0 Å². The summed E-state index contributed by atoms with van der Waals surface area (Å²) < 4.78 is 5.35. The van der Waals surface area contributed by atoms with E-state index in [1.165, 1.54) is 4.90 Å². The summed E-state index contributed by atoms with van der Waals surface area (Å²) in [5.41, 5.74) is 0.722. The van der Waals surface area contributed by atoms with Crippen LogP contribution in [0.3, 0.4) is 0 Å². The molecular weight excluding hydrogens is 262 g/mol. The van der Waals surface area contributed by atoms with E-state index in [4.69, 9.17) is 9.84 Å². The summed E-state index contributed by atoms with van der Waals surface area (Å²) in [6.07, 6.45) is 0.0754. The van der Waals surface area contributed by atoms with Gasteiger partial charge in [-0.2, -0.15) is 5.10 Å². The van der Waals surface area contributed by atoms with E-state index in [-0.39, 0.29) is 18.3 Å². The van der Waals surface area contributed by atoms with E-state index in [1.807, 2.05) is 6.92 Å². The maximum absolute atomic E-state index is 12.2. The minimum Gasteiger partial charge on any atom is -0.477 e. The maximum atomic E-state index is 12.2. The van der Waals surface area contributed by atoms with Crippen LogP contribution in [-0.4, -0.2) is 43.9 Å². The van der Waals surface area contributed by atoms with Gasteiger partial charge >= 0.3 is 12.1 Å². The molecule has 0 aromatic carbocycles. The number of H-pyrrole nitrogens is 1. The third-order valence-electron chi connectivity index (χ3n) is 3.14. The molecule has 0 unspecified atom stereocenters. The number of carboxylic acids is 1. The first kappa shape index (κ1) is 14.4. The maximum Gasteiger partial charge on any atom is 0.410 e. The number of carboxylic acid groups (broad SMARTS) is 1. The molecule has 2 heterocycles. The van der Waals surface area contributed by atoms with Crippen molar-refractivity contribution in [3.05, 3.63) is 17.0 Å². The number of aromatic nitrogens is 2. The number of hydrogen-bond acceptors (Lipinski definition) is 4. The fraction of sp³-hybridized carbons (Fsp3) is 0.615. The van der Waals surface area contributed by atoms with Crippen LogP contribution in [-0.2, 0) is 17.7 Å². The molecule has 0 fully saturated rings. The first-order chi connectivity index (χ1) is 9.19. The van der Waals surface area contributed by atoms with Gasteiger partial charge in [-0.25, -0.2) is 9.59 Å². The van der Waals surface area contributed by atoms with Crippen LogP contribution in [0.25, 0.3) is 0 Å². The second kappa shape index (κ2) is 4.81. The second-order valence-corrected chi connectivity index (χ2v) is 5.99. The van der Waals surface area contributed by atoms with Crippen LogP contribution in [0.4, 0.5) is 4.79 Å². The SMILES string of the molecule is C[C@@H]1Cc2n[nH]c(C(=O)O)c2CN1C(=O)OC(C)(C)C. The van der Waals surface area contributed by atoms with Crippen molar-refractivity contribution in [1.82, 2.24) is 15.1 Å². The largest absolute Gasteiger partial charge is 0.477 e. The monoisotopic (exact) mass is 281 g/mol. The predicted molar refractivity (Wildman–Crippen MR) is 70.5 cm³/mol. The van der Waals surface area contributed by atoms with Gasteiger partial charge in [0.15, 0.2) is 0 Å². The number of carbonyl (C=O) groups is 2. The summed E-state index contributed by atoms with van der Waals surface area (Å²) in [5.74, 6) is -1.07. The number of carbonyl (C=O) groups excluding carboxylic acids is 1. The molecule has 1 atom stereocenters. The van der Waals surface area contributed by atoms with Gasteiger partial charge in [0.05, 0.1) is 12.2 Å². The van der Waals surface area contributed by atoms with Crippen molar-refractivity contribution in [1.29, 1.82) is 0 Å². The van der Waals surface area contributed by atoms with Crippen molar-refractivity contribution in [2.24, 2.45) is 0 Å². The number of ether oxygens (including phenoxy) is 1. The molecule has 110 valence electrons. The molecule has 1 aliphatic heterocycles. The zero-order valence-electron chi connectivity index (χ0n) is 12.1. The van der Waals surface area contributed by atoms with E-state index in [2.05, 4.69) is 10.2 Å². The standard InChI is InChI=1S/C13H19N3O4/c1-7-5-9-8(10(11(17)18)15-14-9)6-16(7)12(19)20-13(2,3)4/h7H,5-6H2,1-4H3,(H,14,15)(H,17,18)/t7-/m1/s1. The fourth-order valence-electron chi connectivity index (χ4n) is 2.20. The van der Waals surface area contributed by atoms with Crippen LogP contribution in [0, 0.1) is 0 Å². The number of nitrogens with zero attached hydrogens (tertiary/aromatic N) is 2. The zero-order valence-corrected chi connectivity index (χ0v) is 12.1. The molecule has 1 aromatic heterocycles. The van der Waals surface area contributed by atoms with Gasteiger partial charge in [-0.15, -0.1) is 0 Å². The summed E-state index contributed by atoms with van der Waals surface area (Å²) in [5, 5.41) is 15.6. The molecule has 1 amide bonds. The van der Waals surface area contributed by atoms with Crippen LogP contribution in [0.2, 0.25) is 0 Å². The van der Waals surface area contributed by atoms with Crippen LogP contribution in [0.15, 0.2) is 0 Å². The smallest absolute Gasteiger partial charge is 0.410 e. The molecule has 0 saturated heterocycles. The number of rotatable bonds is 1. The van der Waals surface area contributed by atoms with Crippen molar-refractivity contribution in [2.75, 3.05) is 0 Å². The van der Waals surface area contributed by atoms with Gasteiger partial charge in [-0.3, -0.25) is 5.10 Å². The first-order valence-corrected chi connectivity index (χ1v) is 6.48. The molecule has 1 aromatic rings. The van der Waals surface area contributed by atoms with Gasteiger partial charge in [-0.05, 0) is 27.7 Å². The van der Waals surface area contributed by atoms with Crippen LogP contribution in [0.5, 0.6) is 0 Å². The van der Waals surface area contributed by atoms with Crippen LogP contribution >= 0.6 is 0 Å². The molecule has 0 spiro atoms. The highest BCUT2D eigenvalue weighted by atomic mass is 16.6. The molecule has 0 aliphatic carbocycles. The van der Waals surface area contributed by atoms with Gasteiger partial charge in [0.25, 0.3) is 0 Å². The predicted octanol–water partition coefficient (Wildman–Crippen LogP) is 1.79. The highest BCUT2D eigenvalue weighted by Gasteiger charge is 2.34. The lowest BCUT2D eigenvalue weighted by atomic mass is 10.00. The van der Waals surface area contributed by atoms with Gasteiger partial charge in [0, 0.05) is 18.0 Å². The van der Waals surface area contributed by atoms with Gasteiger partial charge < -0.3 is 14.7 Å². The molecule has 0 radical (unpaired) electrons. The van der Waals surface area contributed by atoms with E-state index in [0.29, 0.717) is 17.7 Å². The molecule has 20 heavy (non-hydrogen) atoms. The Kier molecular flexibility index (Phi) is 3.45. The highest BCUT2D eigenvalue weighted by molar-refractivity contribution is 5.87. The summed E-state index contributed by atoms with van der Waals surface area (Å²) in [6, 6.07) is -0.0812. The topological polar surface area (TPSA) is 95.5 Å². The van der Waals surface area contributed by atoms with Gasteiger partial charge in [0.1, 0.15) is 11.3 Å². The molecule has 0 saturated carbocycles. The average Bonchev–Trinajstić information content (AvgIpc) is 2.67. The zero-order chi connectivity index (χ0) is 15.1. The van der Waals surface area contributed by atoms with Gasteiger partial charge in [-0.1, -0.05) is 0 Å². The molecule has 1 aliphatic rings. The Bertz CT molecular complexity index is 544. The van der Waals surface area contributed by atoms with Crippen molar-refractivity contribution >= 4 is 12.1 Å². The summed E-state index contributed by atoms with van der Waals surface area (Å²) in [6.45, 7) is 7.48. The lowest BCUT2D eigenvalue weighted by Crippen LogP contribution is -2.45. The molecular formula is C13H19N3O4. The summed E-state index contributed by atoms with van der Waals surface area (Å²) >= 11 is 0. The molecule has 2 N–H and O–H groups in total. The average molecular weight is 281 g/mol. The molecule has 7 nitrogen and oxygen atoms in total. The molecule has 7 heteroatoms. The summed E-state index contributed by atoms with van der Waals surface area (Å²) in [4.78, 5) is 24.8. The quantitative estimate of drug-likeness (QED) is 0.818. The van der Waals surface area contributed by atoms with Crippen LogP contribution in [0.1, 0.15) is 49.4 Å². The minimum absolute atomic E-state index is 0.0421. The third kappa shape index (κ3) is 2.76. The minimum atomic E-state index is -1.07. The molecule has 2 rings (SSSR count). The Morgan fingerprint density at radius 3 is 2.65 bits per heavy atom.